The van der Waals surface area contributed by atoms with Crippen molar-refractivity contribution in [3.8, 4) is 5.75 Å². The van der Waals surface area contributed by atoms with E-state index in [1.807, 2.05) is 17.9 Å². The zero-order valence-corrected chi connectivity index (χ0v) is 18.8. The van der Waals surface area contributed by atoms with Gasteiger partial charge >= 0.3 is 11.8 Å². The molecule has 180 valence electrons. The Hall–Kier alpha value is -3.56. The number of hydrogen-bond donors (Lipinski definition) is 0. The quantitative estimate of drug-likeness (QED) is 0.523. The number of carbonyl (C=O) groups excluding carboxylic acids is 1. The third kappa shape index (κ3) is 4.85. The lowest BCUT2D eigenvalue weighted by Crippen LogP contribution is -2.49. The number of nitrogens with zero attached hydrogens (tertiary/aromatic N) is 3. The molecule has 0 saturated carbocycles. The van der Waals surface area contributed by atoms with Gasteiger partial charge in [0.05, 0.1) is 12.7 Å². The van der Waals surface area contributed by atoms with Gasteiger partial charge in [0.2, 0.25) is 5.91 Å². The molecule has 1 amide bonds. The average Bonchev–Trinajstić information content (AvgIpc) is 2.83. The number of pyridine rings is 1. The molecule has 0 bridgehead atoms. The molecular formula is C24H24F3N3O4. The molecule has 0 unspecified atom stereocenters. The summed E-state index contributed by atoms with van der Waals surface area (Å²) in [5.41, 5.74) is 0.422. The molecule has 1 fully saturated rings. The number of aromatic nitrogens is 1. The summed E-state index contributed by atoms with van der Waals surface area (Å²) in [5.74, 6) is 0.943. The van der Waals surface area contributed by atoms with Crippen LogP contribution in [-0.2, 0) is 17.4 Å². The van der Waals surface area contributed by atoms with E-state index in [0.717, 1.165) is 23.2 Å². The molecule has 1 aliphatic rings. The van der Waals surface area contributed by atoms with Gasteiger partial charge in [-0.15, -0.1) is 0 Å². The van der Waals surface area contributed by atoms with Gasteiger partial charge in [0.25, 0.3) is 0 Å². The number of methoxy groups -OCH3 is 1. The predicted molar refractivity (Wildman–Crippen MR) is 120 cm³/mol. The second-order valence-corrected chi connectivity index (χ2v) is 8.13. The summed E-state index contributed by atoms with van der Waals surface area (Å²) in [4.78, 5) is 32.7. The lowest BCUT2D eigenvalue weighted by Gasteiger charge is -2.35. The molecule has 3 heterocycles. The normalized spacial score (nSPS) is 14.5. The third-order valence-electron chi connectivity index (χ3n) is 6.11. The summed E-state index contributed by atoms with van der Waals surface area (Å²) >= 11 is 0. The van der Waals surface area contributed by atoms with E-state index in [4.69, 9.17) is 9.15 Å². The minimum atomic E-state index is -4.43. The second-order valence-electron chi connectivity index (χ2n) is 8.13. The summed E-state index contributed by atoms with van der Waals surface area (Å²) < 4.78 is 48.8. The Bertz CT molecular complexity index is 1250. The van der Waals surface area contributed by atoms with Crippen LogP contribution in [0.5, 0.6) is 5.75 Å². The van der Waals surface area contributed by atoms with Gasteiger partial charge in [-0.25, -0.2) is 9.78 Å². The van der Waals surface area contributed by atoms with Gasteiger partial charge in [-0.3, -0.25) is 4.79 Å². The number of ether oxygens (including phenoxy) is 1. The lowest BCUT2D eigenvalue weighted by atomic mass is 10.0. The van der Waals surface area contributed by atoms with Crippen molar-refractivity contribution in [2.45, 2.75) is 25.9 Å². The fourth-order valence-corrected chi connectivity index (χ4v) is 4.11. The van der Waals surface area contributed by atoms with Crippen molar-refractivity contribution in [3.63, 3.8) is 0 Å². The third-order valence-corrected chi connectivity index (χ3v) is 6.11. The number of hydrogen-bond acceptors (Lipinski definition) is 6. The van der Waals surface area contributed by atoms with Gasteiger partial charge in [0, 0.05) is 55.8 Å². The van der Waals surface area contributed by atoms with E-state index >= 15 is 0 Å². The van der Waals surface area contributed by atoms with Crippen LogP contribution in [0.4, 0.5) is 19.0 Å². The molecule has 34 heavy (non-hydrogen) atoms. The van der Waals surface area contributed by atoms with Gasteiger partial charge in [-0.05, 0) is 43.2 Å². The smallest absolute Gasteiger partial charge is 0.417 e. The van der Waals surface area contributed by atoms with Crippen LogP contribution in [-0.4, -0.2) is 49.1 Å². The first-order valence-corrected chi connectivity index (χ1v) is 10.8. The van der Waals surface area contributed by atoms with Crippen molar-refractivity contribution in [2.75, 3.05) is 38.2 Å². The average molecular weight is 475 g/mol. The first kappa shape index (κ1) is 23.6. The van der Waals surface area contributed by atoms with Crippen molar-refractivity contribution in [1.29, 1.82) is 0 Å². The zero-order chi connectivity index (χ0) is 24.5. The highest BCUT2D eigenvalue weighted by Gasteiger charge is 2.31. The maximum Gasteiger partial charge on any atom is 0.417 e. The topological polar surface area (TPSA) is 75.9 Å². The monoisotopic (exact) mass is 475 g/mol. The molecule has 0 radical (unpaired) electrons. The Morgan fingerprint density at radius 1 is 1.15 bits per heavy atom. The highest BCUT2D eigenvalue weighted by molar-refractivity contribution is 5.83. The molecular weight excluding hydrogens is 451 g/mol. The van der Waals surface area contributed by atoms with Crippen LogP contribution in [0.3, 0.4) is 0 Å². The molecule has 0 spiro atoms. The zero-order valence-electron chi connectivity index (χ0n) is 18.8. The summed E-state index contributed by atoms with van der Waals surface area (Å²) in [6.07, 6.45) is -3.19. The number of carbonyl (C=O) groups is 1. The highest BCUT2D eigenvalue weighted by atomic mass is 19.4. The van der Waals surface area contributed by atoms with Crippen LogP contribution < -0.4 is 15.3 Å². The van der Waals surface area contributed by atoms with Crippen LogP contribution in [0.25, 0.3) is 11.0 Å². The van der Waals surface area contributed by atoms with Crippen LogP contribution in [0.1, 0.15) is 23.1 Å². The maximum atomic E-state index is 12.8. The number of halogens is 3. The van der Waals surface area contributed by atoms with Gasteiger partial charge < -0.3 is 19.0 Å². The van der Waals surface area contributed by atoms with Crippen molar-refractivity contribution in [2.24, 2.45) is 0 Å². The molecule has 7 nitrogen and oxygen atoms in total. The van der Waals surface area contributed by atoms with Crippen LogP contribution in [0.2, 0.25) is 0 Å². The molecule has 1 aliphatic heterocycles. The standard InChI is InChI=1S/C24H24F3N3O4/c1-15-18-5-4-17(33-2)13-20(18)34-23(32)19(15)6-8-22(31)30-11-9-29(10-12-30)21-7-3-16(14-28-21)24(25,26)27/h3-5,7,13-14H,6,8-12H2,1-2H3. The molecule has 3 aromatic rings. The molecule has 10 heteroatoms. The number of alkyl halides is 3. The molecule has 4 rings (SSSR count). The molecule has 1 saturated heterocycles. The Kier molecular flexibility index (Phi) is 6.49. The van der Waals surface area contributed by atoms with Gasteiger partial charge in [0.1, 0.15) is 17.2 Å². The van der Waals surface area contributed by atoms with Crippen LogP contribution >= 0.6 is 0 Å². The summed E-state index contributed by atoms with van der Waals surface area (Å²) in [7, 11) is 1.53. The highest BCUT2D eigenvalue weighted by Crippen LogP contribution is 2.29. The fourth-order valence-electron chi connectivity index (χ4n) is 4.11. The van der Waals surface area contributed by atoms with Crippen molar-refractivity contribution in [1.82, 2.24) is 9.88 Å². The summed E-state index contributed by atoms with van der Waals surface area (Å²) in [6, 6.07) is 7.62. The minimum Gasteiger partial charge on any atom is -0.497 e. The Morgan fingerprint density at radius 3 is 2.50 bits per heavy atom. The molecule has 0 atom stereocenters. The Balaban J connectivity index is 1.36. The number of benzene rings is 1. The predicted octanol–water partition coefficient (Wildman–Crippen LogP) is 3.81. The van der Waals surface area contributed by atoms with Gasteiger partial charge in [0.15, 0.2) is 0 Å². The Labute approximate surface area is 193 Å². The number of anilines is 1. The first-order chi connectivity index (χ1) is 16.2. The molecule has 0 N–H and O–H groups in total. The number of fused-ring (bicyclic) bond motifs is 1. The van der Waals surface area contributed by atoms with Gasteiger partial charge in [-0.1, -0.05) is 0 Å². The van der Waals surface area contributed by atoms with E-state index in [0.29, 0.717) is 48.9 Å². The fraction of sp³-hybridized carbons (Fsp3) is 0.375. The largest absolute Gasteiger partial charge is 0.497 e. The number of piperazine rings is 1. The maximum absolute atomic E-state index is 12.8. The van der Waals surface area contributed by atoms with E-state index in [1.54, 1.807) is 17.0 Å². The van der Waals surface area contributed by atoms with Gasteiger partial charge in [-0.2, -0.15) is 13.2 Å². The minimum absolute atomic E-state index is 0.0892. The van der Waals surface area contributed by atoms with E-state index in [1.165, 1.54) is 13.2 Å². The van der Waals surface area contributed by atoms with Crippen molar-refractivity contribution >= 4 is 22.7 Å². The SMILES string of the molecule is COc1ccc2c(C)c(CCC(=O)N3CCN(c4ccc(C(F)(F)F)cn4)CC3)c(=O)oc2c1. The molecule has 2 aromatic heterocycles. The second kappa shape index (κ2) is 9.36. The van der Waals surface area contributed by atoms with E-state index < -0.39 is 17.4 Å². The summed E-state index contributed by atoms with van der Waals surface area (Å²) in [6.45, 7) is 3.60. The number of rotatable bonds is 5. The molecule has 0 aliphatic carbocycles. The lowest BCUT2D eigenvalue weighted by molar-refractivity contribution is -0.137. The van der Waals surface area contributed by atoms with Crippen molar-refractivity contribution < 1.29 is 27.1 Å². The van der Waals surface area contributed by atoms with E-state index in [9.17, 15) is 22.8 Å². The Morgan fingerprint density at radius 2 is 1.88 bits per heavy atom. The van der Waals surface area contributed by atoms with E-state index in [-0.39, 0.29) is 18.7 Å². The molecule has 1 aromatic carbocycles. The van der Waals surface area contributed by atoms with Crippen LogP contribution in [0.15, 0.2) is 45.7 Å². The number of aryl methyl sites for hydroxylation is 1. The summed E-state index contributed by atoms with van der Waals surface area (Å²) in [5, 5.41) is 0.792. The van der Waals surface area contributed by atoms with Crippen LogP contribution in [0, 0.1) is 6.92 Å². The number of amides is 1. The van der Waals surface area contributed by atoms with E-state index in [2.05, 4.69) is 4.98 Å². The first-order valence-electron chi connectivity index (χ1n) is 10.8. The van der Waals surface area contributed by atoms with Crippen molar-refractivity contribution in [3.05, 3.63) is 63.6 Å².